The molecule has 2 aromatic carbocycles. The molecule has 0 saturated carbocycles. The maximum Gasteiger partial charge on any atom is 0.258 e. The highest BCUT2D eigenvalue weighted by Gasteiger charge is 2.32. The summed E-state index contributed by atoms with van der Waals surface area (Å²) in [5.74, 6) is 0.167. The lowest BCUT2D eigenvalue weighted by molar-refractivity contribution is -0.124. The molecule has 6 nitrogen and oxygen atoms in total. The Labute approximate surface area is 185 Å². The molecule has 0 radical (unpaired) electrons. The van der Waals surface area contributed by atoms with Crippen molar-refractivity contribution in [3.8, 4) is 6.07 Å². The van der Waals surface area contributed by atoms with Crippen LogP contribution in [0.2, 0.25) is 5.02 Å². The Morgan fingerprint density at radius 1 is 1.29 bits per heavy atom. The van der Waals surface area contributed by atoms with Crippen LogP contribution in [0, 0.1) is 17.2 Å². The molecule has 4 rings (SSSR count). The van der Waals surface area contributed by atoms with Crippen molar-refractivity contribution in [2.24, 2.45) is 13.0 Å². The molecule has 3 atom stereocenters. The molecule has 3 aromatic rings. The minimum absolute atomic E-state index is 0.120. The molecule has 1 aromatic heterocycles. The molecule has 0 aliphatic carbocycles. The van der Waals surface area contributed by atoms with Gasteiger partial charge in [-0.1, -0.05) is 43.1 Å². The third-order valence-corrected chi connectivity index (χ3v) is 6.54. The summed E-state index contributed by atoms with van der Waals surface area (Å²) in [5.41, 5.74) is 1.48. The number of hydrogen-bond donors (Lipinski definition) is 2. The van der Waals surface area contributed by atoms with E-state index in [1.54, 1.807) is 17.7 Å². The first-order chi connectivity index (χ1) is 14.9. The Morgan fingerprint density at radius 2 is 2.06 bits per heavy atom. The Hall–Kier alpha value is -2.88. The van der Waals surface area contributed by atoms with Gasteiger partial charge < -0.3 is 15.2 Å². The van der Waals surface area contributed by atoms with Crippen LogP contribution in [0.3, 0.4) is 0 Å². The Bertz CT molecular complexity index is 1260. The maximum absolute atomic E-state index is 13.0. The summed E-state index contributed by atoms with van der Waals surface area (Å²) in [7, 11) is 1.73. The molecule has 1 aliphatic rings. The highest BCUT2D eigenvalue weighted by atomic mass is 35.5. The number of amides is 1. The molecule has 1 amide bonds. The lowest BCUT2D eigenvalue weighted by Crippen LogP contribution is -2.47. The number of nitriles is 1. The van der Waals surface area contributed by atoms with Crippen LogP contribution >= 0.6 is 11.6 Å². The van der Waals surface area contributed by atoms with Crippen LogP contribution < -0.4 is 16.2 Å². The lowest BCUT2D eigenvalue weighted by atomic mass is 9.96. The van der Waals surface area contributed by atoms with Gasteiger partial charge in [-0.05, 0) is 48.0 Å². The van der Waals surface area contributed by atoms with Gasteiger partial charge in [0.05, 0.1) is 17.6 Å². The molecule has 0 bridgehead atoms. The second-order valence-corrected chi connectivity index (χ2v) is 8.63. The summed E-state index contributed by atoms with van der Waals surface area (Å²) < 4.78 is 1.59. The first-order valence-corrected chi connectivity index (χ1v) is 10.9. The zero-order valence-electron chi connectivity index (χ0n) is 17.6. The molecule has 0 spiro atoms. The molecule has 1 unspecified atom stereocenters. The van der Waals surface area contributed by atoms with Crippen molar-refractivity contribution < 1.29 is 4.79 Å². The number of benzene rings is 2. The fourth-order valence-corrected chi connectivity index (χ4v) is 4.73. The molecule has 160 valence electrons. The standard InChI is InChI=1S/C24H25ClN4O2/c1-3-15-8-9-27-22(15)23(30)28-17(13-26)10-14-4-6-18-19-7-5-16(25)12-21(19)29(2)24(31)20(18)11-14/h4-7,11-12,15,17,22,27H,3,8-10H2,1-2H3,(H,28,30)/t15-,17?,22-/m0/s1. The van der Waals surface area contributed by atoms with Gasteiger partial charge in [0.15, 0.2) is 0 Å². The predicted octanol–water partition coefficient (Wildman–Crippen LogP) is 3.28. The average molecular weight is 437 g/mol. The second kappa shape index (κ2) is 8.70. The van der Waals surface area contributed by atoms with E-state index >= 15 is 0 Å². The van der Waals surface area contributed by atoms with Gasteiger partial charge in [-0.25, -0.2) is 0 Å². The van der Waals surface area contributed by atoms with Crippen LogP contribution in [0.1, 0.15) is 25.3 Å². The number of aromatic nitrogens is 1. The van der Waals surface area contributed by atoms with Crippen molar-refractivity contribution in [2.75, 3.05) is 6.54 Å². The zero-order valence-corrected chi connectivity index (χ0v) is 18.4. The van der Waals surface area contributed by atoms with Crippen LogP contribution in [0.25, 0.3) is 21.7 Å². The number of pyridine rings is 1. The fourth-order valence-electron chi connectivity index (χ4n) is 4.56. The number of hydrogen-bond acceptors (Lipinski definition) is 4. The summed E-state index contributed by atoms with van der Waals surface area (Å²) in [5, 5.41) is 18.7. The van der Waals surface area contributed by atoms with Crippen LogP contribution in [-0.4, -0.2) is 29.1 Å². The number of nitrogens with zero attached hydrogens (tertiary/aromatic N) is 2. The molecule has 1 aliphatic heterocycles. The third-order valence-electron chi connectivity index (χ3n) is 6.30. The number of rotatable bonds is 5. The van der Waals surface area contributed by atoms with E-state index < -0.39 is 6.04 Å². The van der Waals surface area contributed by atoms with Gasteiger partial charge in [-0.2, -0.15) is 5.26 Å². The van der Waals surface area contributed by atoms with E-state index in [0.717, 1.165) is 41.2 Å². The van der Waals surface area contributed by atoms with E-state index in [9.17, 15) is 14.9 Å². The molecule has 7 heteroatoms. The molecule has 31 heavy (non-hydrogen) atoms. The number of fused-ring (bicyclic) bond motifs is 3. The summed E-state index contributed by atoms with van der Waals surface area (Å²) in [6.45, 7) is 2.90. The van der Waals surface area contributed by atoms with Crippen molar-refractivity contribution in [1.82, 2.24) is 15.2 Å². The number of aryl methyl sites for hydroxylation is 1. The van der Waals surface area contributed by atoms with Crippen LogP contribution in [0.15, 0.2) is 41.2 Å². The predicted molar refractivity (Wildman–Crippen MR) is 123 cm³/mol. The maximum atomic E-state index is 13.0. The van der Waals surface area contributed by atoms with Gasteiger partial charge in [0.2, 0.25) is 5.91 Å². The summed E-state index contributed by atoms with van der Waals surface area (Å²) in [6, 6.07) is 12.4. The lowest BCUT2D eigenvalue weighted by Gasteiger charge is -2.20. The first-order valence-electron chi connectivity index (χ1n) is 10.6. The Balaban J connectivity index is 1.62. The van der Waals surface area contributed by atoms with Crippen molar-refractivity contribution in [2.45, 2.75) is 38.3 Å². The SMILES string of the molecule is CC[C@H]1CCN[C@@H]1C(=O)NC(C#N)Cc1ccc2c(c1)c(=O)n(C)c1cc(Cl)ccc21. The summed E-state index contributed by atoms with van der Waals surface area (Å²) >= 11 is 6.11. The Morgan fingerprint density at radius 3 is 2.81 bits per heavy atom. The van der Waals surface area contributed by atoms with Crippen LogP contribution in [0.5, 0.6) is 0 Å². The summed E-state index contributed by atoms with van der Waals surface area (Å²) in [4.78, 5) is 25.6. The highest BCUT2D eigenvalue weighted by molar-refractivity contribution is 6.31. The van der Waals surface area contributed by atoms with Gasteiger partial charge in [0, 0.05) is 29.3 Å². The normalized spacial score (nSPS) is 19.4. The zero-order chi connectivity index (χ0) is 22.1. The molecular weight excluding hydrogens is 412 g/mol. The molecule has 1 saturated heterocycles. The van der Waals surface area contributed by atoms with E-state index in [1.807, 2.05) is 30.3 Å². The van der Waals surface area contributed by atoms with E-state index in [4.69, 9.17) is 11.6 Å². The van der Waals surface area contributed by atoms with E-state index in [2.05, 4.69) is 23.6 Å². The fraction of sp³-hybridized carbons (Fsp3) is 0.375. The third kappa shape index (κ3) is 4.04. The molecule has 2 N–H and O–H groups in total. The summed E-state index contributed by atoms with van der Waals surface area (Å²) in [6.07, 6.45) is 2.23. The van der Waals surface area contributed by atoms with Crippen molar-refractivity contribution in [3.63, 3.8) is 0 Å². The van der Waals surface area contributed by atoms with Crippen molar-refractivity contribution >= 4 is 39.2 Å². The second-order valence-electron chi connectivity index (χ2n) is 8.19. The van der Waals surface area contributed by atoms with E-state index in [-0.39, 0.29) is 17.5 Å². The largest absolute Gasteiger partial charge is 0.339 e. The minimum atomic E-state index is -0.659. The minimum Gasteiger partial charge on any atom is -0.339 e. The number of carbonyl (C=O) groups is 1. The van der Waals surface area contributed by atoms with Gasteiger partial charge >= 0.3 is 0 Å². The van der Waals surface area contributed by atoms with Gasteiger partial charge in [-0.15, -0.1) is 0 Å². The van der Waals surface area contributed by atoms with Gasteiger partial charge in [-0.3, -0.25) is 9.59 Å². The molecule has 2 heterocycles. The number of carbonyl (C=O) groups excluding carboxylic acids is 1. The monoisotopic (exact) mass is 436 g/mol. The first kappa shape index (κ1) is 21.4. The molecular formula is C24H25ClN4O2. The number of nitrogens with one attached hydrogen (secondary N) is 2. The van der Waals surface area contributed by atoms with E-state index in [0.29, 0.717) is 22.7 Å². The van der Waals surface area contributed by atoms with Gasteiger partial charge in [0.1, 0.15) is 6.04 Å². The van der Waals surface area contributed by atoms with Crippen LogP contribution in [0.4, 0.5) is 0 Å². The number of halogens is 1. The highest BCUT2D eigenvalue weighted by Crippen LogP contribution is 2.26. The quantitative estimate of drug-likeness (QED) is 0.601. The topological polar surface area (TPSA) is 86.9 Å². The van der Waals surface area contributed by atoms with Gasteiger partial charge in [0.25, 0.3) is 5.56 Å². The molecule has 1 fully saturated rings. The Kier molecular flexibility index (Phi) is 5.99. The van der Waals surface area contributed by atoms with E-state index in [1.165, 1.54) is 0 Å². The van der Waals surface area contributed by atoms with Crippen molar-refractivity contribution in [3.05, 3.63) is 57.3 Å². The smallest absolute Gasteiger partial charge is 0.258 e. The van der Waals surface area contributed by atoms with Crippen molar-refractivity contribution in [1.29, 1.82) is 5.26 Å². The average Bonchev–Trinajstić information content (AvgIpc) is 3.26. The van der Waals surface area contributed by atoms with Crippen LogP contribution in [-0.2, 0) is 18.3 Å².